The van der Waals surface area contributed by atoms with E-state index >= 15 is 0 Å². The van der Waals surface area contributed by atoms with Crippen molar-refractivity contribution in [3.8, 4) is 0 Å². The van der Waals surface area contributed by atoms with Gasteiger partial charge >= 0.3 is 0 Å². The Kier molecular flexibility index (Phi) is 4.36. The molecule has 0 amide bonds. The Morgan fingerprint density at radius 3 is 3.00 bits per heavy atom. The largest absolute Gasteiger partial charge is 0.339 e. The molecule has 2 aliphatic heterocycles. The molecule has 2 saturated heterocycles. The van der Waals surface area contributed by atoms with Crippen LogP contribution in [0.4, 0.5) is 0 Å². The van der Waals surface area contributed by atoms with Gasteiger partial charge in [0, 0.05) is 31.0 Å². The molecule has 0 saturated carbocycles. The molecule has 0 aromatic carbocycles. The summed E-state index contributed by atoms with van der Waals surface area (Å²) < 4.78 is 5.49. The number of nitrogens with zero attached hydrogens (tertiary/aromatic N) is 3. The molecular weight excluding hydrogens is 252 g/mol. The Hall–Kier alpha value is -0.940. The topological polar surface area (TPSA) is 54.2 Å². The van der Waals surface area contributed by atoms with Gasteiger partial charge in [-0.05, 0) is 52.6 Å². The van der Waals surface area contributed by atoms with Gasteiger partial charge in [0.1, 0.15) is 0 Å². The van der Waals surface area contributed by atoms with Gasteiger partial charge in [-0.1, -0.05) is 5.16 Å². The van der Waals surface area contributed by atoms with Gasteiger partial charge in [-0.2, -0.15) is 4.98 Å². The number of likely N-dealkylation sites (tertiary alicyclic amines) is 1. The maximum absolute atomic E-state index is 5.49. The molecule has 0 aliphatic carbocycles. The second-order valence-electron chi connectivity index (χ2n) is 6.42. The molecule has 1 aromatic heterocycles. The zero-order valence-electron chi connectivity index (χ0n) is 12.6. The highest BCUT2D eigenvalue weighted by Gasteiger charge is 2.29. The SMILES string of the molecule is CC(C)N1CCCC1Cc1nc(C2CCCNC2)no1. The van der Waals surface area contributed by atoms with Crippen LogP contribution < -0.4 is 5.32 Å². The normalized spacial score (nSPS) is 28.4. The lowest BCUT2D eigenvalue weighted by Crippen LogP contribution is -2.36. The molecule has 112 valence electrons. The molecule has 2 unspecified atom stereocenters. The van der Waals surface area contributed by atoms with Gasteiger partial charge in [0.15, 0.2) is 5.82 Å². The lowest BCUT2D eigenvalue weighted by atomic mass is 9.99. The lowest BCUT2D eigenvalue weighted by molar-refractivity contribution is 0.192. The first-order valence-electron chi connectivity index (χ1n) is 8.03. The number of hydrogen-bond acceptors (Lipinski definition) is 5. The Labute approximate surface area is 121 Å². The molecule has 1 aromatic rings. The van der Waals surface area contributed by atoms with Crippen molar-refractivity contribution in [3.63, 3.8) is 0 Å². The molecule has 20 heavy (non-hydrogen) atoms. The van der Waals surface area contributed by atoms with E-state index in [1.165, 1.54) is 32.2 Å². The minimum Gasteiger partial charge on any atom is -0.339 e. The molecular formula is C15H26N4O. The third-order valence-electron chi connectivity index (χ3n) is 4.64. The maximum Gasteiger partial charge on any atom is 0.228 e. The third kappa shape index (κ3) is 3.04. The van der Waals surface area contributed by atoms with E-state index in [1.807, 2.05) is 0 Å². The van der Waals surface area contributed by atoms with Crippen LogP contribution in [0.5, 0.6) is 0 Å². The van der Waals surface area contributed by atoms with Gasteiger partial charge in [-0.25, -0.2) is 0 Å². The van der Waals surface area contributed by atoms with Crippen LogP contribution in [0.15, 0.2) is 4.52 Å². The van der Waals surface area contributed by atoms with Gasteiger partial charge in [0.2, 0.25) is 5.89 Å². The van der Waals surface area contributed by atoms with E-state index in [0.717, 1.165) is 31.2 Å². The molecule has 3 rings (SSSR count). The number of rotatable bonds is 4. The average Bonchev–Trinajstić information content (AvgIpc) is 3.09. The van der Waals surface area contributed by atoms with Crippen molar-refractivity contribution in [2.45, 2.75) is 64.0 Å². The third-order valence-corrected chi connectivity index (χ3v) is 4.64. The summed E-state index contributed by atoms with van der Waals surface area (Å²) in [6.07, 6.45) is 5.83. The molecule has 0 bridgehead atoms. The minimum atomic E-state index is 0.436. The fraction of sp³-hybridized carbons (Fsp3) is 0.867. The summed E-state index contributed by atoms with van der Waals surface area (Å²) in [5.41, 5.74) is 0. The van der Waals surface area contributed by atoms with Crippen molar-refractivity contribution in [1.82, 2.24) is 20.4 Å². The monoisotopic (exact) mass is 278 g/mol. The fourth-order valence-corrected chi connectivity index (χ4v) is 3.55. The number of nitrogens with one attached hydrogen (secondary N) is 1. The predicted molar refractivity (Wildman–Crippen MR) is 77.7 cm³/mol. The van der Waals surface area contributed by atoms with Crippen molar-refractivity contribution in [1.29, 1.82) is 0 Å². The van der Waals surface area contributed by atoms with Crippen LogP contribution in [0.2, 0.25) is 0 Å². The van der Waals surface area contributed by atoms with E-state index in [4.69, 9.17) is 4.52 Å². The first-order chi connectivity index (χ1) is 9.74. The van der Waals surface area contributed by atoms with Gasteiger partial charge in [0.25, 0.3) is 0 Å². The first-order valence-corrected chi connectivity index (χ1v) is 8.03. The summed E-state index contributed by atoms with van der Waals surface area (Å²) in [6.45, 7) is 7.85. The van der Waals surface area contributed by atoms with Crippen LogP contribution in [0, 0.1) is 0 Å². The zero-order chi connectivity index (χ0) is 13.9. The number of aromatic nitrogens is 2. The lowest BCUT2D eigenvalue weighted by Gasteiger charge is -2.27. The van der Waals surface area contributed by atoms with Crippen molar-refractivity contribution >= 4 is 0 Å². The highest BCUT2D eigenvalue weighted by atomic mass is 16.5. The van der Waals surface area contributed by atoms with Gasteiger partial charge < -0.3 is 9.84 Å². The van der Waals surface area contributed by atoms with Crippen molar-refractivity contribution in [3.05, 3.63) is 11.7 Å². The van der Waals surface area contributed by atoms with E-state index < -0.39 is 0 Å². The Bertz CT molecular complexity index is 425. The minimum absolute atomic E-state index is 0.436. The molecule has 1 N–H and O–H groups in total. The van der Waals surface area contributed by atoms with Crippen LogP contribution in [0.1, 0.15) is 57.2 Å². The van der Waals surface area contributed by atoms with Gasteiger partial charge in [-0.3, -0.25) is 4.90 Å². The van der Waals surface area contributed by atoms with Crippen molar-refractivity contribution in [2.24, 2.45) is 0 Å². The second-order valence-corrected chi connectivity index (χ2v) is 6.42. The summed E-state index contributed by atoms with van der Waals surface area (Å²) in [5.74, 6) is 2.16. The van der Waals surface area contributed by atoms with E-state index in [2.05, 4.69) is 34.2 Å². The molecule has 3 heterocycles. The molecule has 2 fully saturated rings. The summed E-state index contributed by atoms with van der Waals surface area (Å²) in [7, 11) is 0. The smallest absolute Gasteiger partial charge is 0.228 e. The van der Waals surface area contributed by atoms with E-state index in [-0.39, 0.29) is 0 Å². The molecule has 5 nitrogen and oxygen atoms in total. The summed E-state index contributed by atoms with van der Waals surface area (Å²) in [6, 6.07) is 1.18. The molecule has 0 radical (unpaired) electrons. The molecule has 2 atom stereocenters. The fourth-order valence-electron chi connectivity index (χ4n) is 3.55. The molecule has 2 aliphatic rings. The van der Waals surface area contributed by atoms with E-state index in [9.17, 15) is 0 Å². The zero-order valence-corrected chi connectivity index (χ0v) is 12.6. The summed E-state index contributed by atoms with van der Waals surface area (Å²) in [4.78, 5) is 7.21. The first kappa shape index (κ1) is 14.0. The van der Waals surface area contributed by atoms with Gasteiger partial charge in [0.05, 0.1) is 0 Å². The quantitative estimate of drug-likeness (QED) is 0.912. The molecule has 0 spiro atoms. The van der Waals surface area contributed by atoms with Crippen molar-refractivity contribution < 1.29 is 4.52 Å². The van der Waals surface area contributed by atoms with Crippen LogP contribution >= 0.6 is 0 Å². The Balaban J connectivity index is 1.62. The Morgan fingerprint density at radius 1 is 1.35 bits per heavy atom. The number of hydrogen-bond donors (Lipinski definition) is 1. The van der Waals surface area contributed by atoms with Crippen LogP contribution in [-0.2, 0) is 6.42 Å². The molecule has 5 heteroatoms. The Morgan fingerprint density at radius 2 is 2.25 bits per heavy atom. The number of piperidine rings is 1. The average molecular weight is 278 g/mol. The van der Waals surface area contributed by atoms with Crippen LogP contribution in [0.3, 0.4) is 0 Å². The predicted octanol–water partition coefficient (Wildman–Crippen LogP) is 1.95. The van der Waals surface area contributed by atoms with Crippen molar-refractivity contribution in [2.75, 3.05) is 19.6 Å². The standard InChI is InChI=1S/C15H26N4O/c1-11(2)19-8-4-6-13(19)9-14-17-15(18-20-14)12-5-3-7-16-10-12/h11-13,16H,3-10H2,1-2H3. The van der Waals surface area contributed by atoms with Crippen LogP contribution in [-0.4, -0.2) is 46.8 Å². The van der Waals surface area contributed by atoms with Crippen LogP contribution in [0.25, 0.3) is 0 Å². The van der Waals surface area contributed by atoms with E-state index in [1.54, 1.807) is 0 Å². The highest BCUT2D eigenvalue weighted by Crippen LogP contribution is 2.24. The highest BCUT2D eigenvalue weighted by molar-refractivity contribution is 5.00. The second kappa shape index (κ2) is 6.22. The van der Waals surface area contributed by atoms with Gasteiger partial charge in [-0.15, -0.1) is 0 Å². The van der Waals surface area contributed by atoms with E-state index in [0.29, 0.717) is 18.0 Å². The summed E-state index contributed by atoms with van der Waals surface area (Å²) >= 11 is 0. The summed E-state index contributed by atoms with van der Waals surface area (Å²) in [5, 5.41) is 7.61. The maximum atomic E-state index is 5.49.